The van der Waals surface area contributed by atoms with Crippen molar-refractivity contribution in [3.8, 4) is 0 Å². The smallest absolute Gasteiger partial charge is 0.101 e. The van der Waals surface area contributed by atoms with Crippen LogP contribution >= 0.6 is 0 Å². The largest absolute Gasteiger partial charge is 0.547 e. The number of nitrogen functional groups attached to an aromatic ring is 1. The Morgan fingerprint density at radius 1 is 1.06 bits per heavy atom. The zero-order valence-electron chi connectivity index (χ0n) is 10.3. The number of benzene rings is 2. The van der Waals surface area contributed by atoms with Crippen LogP contribution in [0.1, 0.15) is 0 Å². The molecule has 2 aromatic rings. The van der Waals surface area contributed by atoms with Crippen LogP contribution in [0.25, 0.3) is 15.5 Å². The molecule has 0 bridgehead atoms. The van der Waals surface area contributed by atoms with Gasteiger partial charge in [-0.25, -0.2) is 8.42 Å². The second-order valence-corrected chi connectivity index (χ2v) is 5.11. The Kier molecular flexibility index (Phi) is 6.44. The third-order valence-electron chi connectivity index (χ3n) is 2.43. The molecule has 4 nitrogen and oxygen atoms in total. The number of nitrogens with zero attached hydrogens (tertiary/aromatic N) is 1. The van der Waals surface area contributed by atoms with Crippen molar-refractivity contribution in [1.29, 1.82) is 0 Å². The summed E-state index contributed by atoms with van der Waals surface area (Å²) in [7, 11) is -2.31. The van der Waals surface area contributed by atoms with E-state index < -0.39 is 10.0 Å². The molecule has 0 unspecified atom stereocenters. The quantitative estimate of drug-likeness (QED) is 0.675. The minimum Gasteiger partial charge on any atom is -0.547 e. The van der Waals surface area contributed by atoms with Gasteiger partial charge in [0.1, 0.15) is 10.0 Å². The van der Waals surface area contributed by atoms with Gasteiger partial charge in [0, 0.05) is 49.2 Å². The molecule has 0 aliphatic rings. The summed E-state index contributed by atoms with van der Waals surface area (Å²) < 4.78 is 26.8. The van der Waals surface area contributed by atoms with E-state index in [0.29, 0.717) is 11.1 Å². The monoisotopic (exact) mass is 339 g/mol. The van der Waals surface area contributed by atoms with Crippen molar-refractivity contribution in [3.63, 3.8) is 0 Å². The number of nitrogens with two attached hydrogens (primary N) is 1. The van der Waals surface area contributed by atoms with Crippen LogP contribution in [0.2, 0.25) is 0 Å². The number of hydrogen-bond acceptors (Lipinski definition) is 3. The Hall–Kier alpha value is -0.486. The first-order valence-corrected chi connectivity index (χ1v) is 6.13. The standard InChI is InChI=1S/C11H11N2O2S.CH3.Y/c1-13-16(14,15)11-7-3-4-8-9(11)5-2-6-10(8)12;;/h2-7H,12H2,1H3;1H3;/q2*-1;. The molecule has 95 valence electrons. The van der Waals surface area contributed by atoms with Gasteiger partial charge in [-0.2, -0.15) is 7.05 Å². The third-order valence-corrected chi connectivity index (χ3v) is 3.83. The zero-order chi connectivity index (χ0) is 11.8. The molecular weight excluding hydrogens is 325 g/mol. The molecule has 2 rings (SSSR count). The Morgan fingerprint density at radius 3 is 2.22 bits per heavy atom. The summed E-state index contributed by atoms with van der Waals surface area (Å²) in [5, 5.41) is 1.33. The molecule has 0 heterocycles. The van der Waals surface area contributed by atoms with E-state index in [0.717, 1.165) is 5.39 Å². The van der Waals surface area contributed by atoms with Gasteiger partial charge in [-0.3, -0.25) is 0 Å². The van der Waals surface area contributed by atoms with E-state index in [1.165, 1.54) is 13.1 Å². The van der Waals surface area contributed by atoms with Crippen molar-refractivity contribution < 1.29 is 41.1 Å². The van der Waals surface area contributed by atoms with Crippen LogP contribution in [-0.2, 0) is 42.7 Å². The van der Waals surface area contributed by atoms with Gasteiger partial charge in [0.25, 0.3) is 0 Å². The molecule has 0 saturated carbocycles. The van der Waals surface area contributed by atoms with E-state index in [2.05, 4.69) is 4.72 Å². The van der Waals surface area contributed by atoms with Crippen LogP contribution in [0.15, 0.2) is 41.3 Å². The van der Waals surface area contributed by atoms with Crippen molar-refractivity contribution in [2.24, 2.45) is 0 Å². The predicted molar refractivity (Wildman–Crippen MR) is 71.2 cm³/mol. The van der Waals surface area contributed by atoms with Crippen molar-refractivity contribution in [2.45, 2.75) is 4.90 Å². The summed E-state index contributed by atoms with van der Waals surface area (Å²) in [4.78, 5) is 0.194. The normalized spacial score (nSPS) is 10.5. The van der Waals surface area contributed by atoms with E-state index in [9.17, 15) is 8.42 Å². The Balaban J connectivity index is 0.00000144. The first kappa shape index (κ1) is 17.5. The molecule has 0 aliphatic heterocycles. The van der Waals surface area contributed by atoms with Crippen molar-refractivity contribution >= 4 is 26.5 Å². The molecule has 2 N–H and O–H groups in total. The molecular formula is C12H14N2O2SY-2. The molecule has 18 heavy (non-hydrogen) atoms. The SMILES string of the molecule is C[N-]S(=O)(=O)c1cccc2c(N)cccc12.[CH3-].[Y]. The maximum absolute atomic E-state index is 11.7. The molecule has 0 atom stereocenters. The zero-order valence-corrected chi connectivity index (χ0v) is 13.9. The minimum absolute atomic E-state index is 0. The fourth-order valence-corrected chi connectivity index (χ4v) is 2.53. The molecule has 0 aromatic heterocycles. The molecule has 0 amide bonds. The fraction of sp³-hybridized carbons (Fsp3) is 0.0833. The molecule has 0 saturated heterocycles. The van der Waals surface area contributed by atoms with Gasteiger partial charge >= 0.3 is 0 Å². The third kappa shape index (κ3) is 3.09. The van der Waals surface area contributed by atoms with E-state index in [4.69, 9.17) is 5.73 Å². The van der Waals surface area contributed by atoms with Gasteiger partial charge in [0.15, 0.2) is 0 Å². The summed E-state index contributed by atoms with van der Waals surface area (Å²) in [5.41, 5.74) is 6.35. The molecule has 0 fully saturated rings. The van der Waals surface area contributed by atoms with Crippen LogP contribution in [0, 0.1) is 7.43 Å². The summed E-state index contributed by atoms with van der Waals surface area (Å²) in [6.07, 6.45) is 0. The molecule has 1 radical (unpaired) electrons. The summed E-state index contributed by atoms with van der Waals surface area (Å²) >= 11 is 0. The summed E-state index contributed by atoms with van der Waals surface area (Å²) in [5.74, 6) is 0. The van der Waals surface area contributed by atoms with Crippen LogP contribution in [0.4, 0.5) is 5.69 Å². The van der Waals surface area contributed by atoms with Gasteiger partial charge in [-0.05, 0) is 12.1 Å². The molecule has 0 spiro atoms. The van der Waals surface area contributed by atoms with E-state index in [1.807, 2.05) is 0 Å². The van der Waals surface area contributed by atoms with Gasteiger partial charge in [-0.15, -0.1) is 0 Å². The Labute approximate surface area is 133 Å². The topological polar surface area (TPSA) is 74.3 Å². The average molecular weight is 339 g/mol. The van der Waals surface area contributed by atoms with Crippen LogP contribution in [0.3, 0.4) is 0 Å². The second-order valence-electron chi connectivity index (χ2n) is 3.36. The van der Waals surface area contributed by atoms with Crippen molar-refractivity contribution in [2.75, 3.05) is 12.8 Å². The minimum atomic E-state index is -3.57. The molecule has 0 aliphatic carbocycles. The van der Waals surface area contributed by atoms with Crippen molar-refractivity contribution in [3.05, 3.63) is 48.5 Å². The number of rotatable bonds is 2. The van der Waals surface area contributed by atoms with Crippen LogP contribution in [-0.4, -0.2) is 15.5 Å². The number of fused-ring (bicyclic) bond motifs is 1. The second kappa shape index (κ2) is 6.61. The van der Waals surface area contributed by atoms with Gasteiger partial charge < -0.3 is 17.9 Å². The molecule has 2 aromatic carbocycles. The number of sulfonamides is 1. The Bertz CT molecular complexity index is 642. The fourth-order valence-electron chi connectivity index (χ4n) is 1.63. The maximum Gasteiger partial charge on any atom is 0.101 e. The van der Waals surface area contributed by atoms with Crippen LogP contribution < -0.4 is 5.73 Å². The van der Waals surface area contributed by atoms with Crippen LogP contribution in [0.5, 0.6) is 0 Å². The average Bonchev–Trinajstić information content (AvgIpc) is 2.29. The number of anilines is 1. The first-order valence-electron chi connectivity index (χ1n) is 4.69. The van der Waals surface area contributed by atoms with E-state index in [1.54, 1.807) is 30.3 Å². The number of hydrogen-bond donors (Lipinski definition) is 1. The Morgan fingerprint density at radius 2 is 1.61 bits per heavy atom. The van der Waals surface area contributed by atoms with E-state index in [-0.39, 0.29) is 45.0 Å². The van der Waals surface area contributed by atoms with E-state index >= 15 is 0 Å². The first-order chi connectivity index (χ1) is 7.56. The predicted octanol–water partition coefficient (Wildman–Crippen LogP) is 2.56. The van der Waals surface area contributed by atoms with Crippen molar-refractivity contribution in [1.82, 2.24) is 0 Å². The maximum atomic E-state index is 11.7. The van der Waals surface area contributed by atoms with Gasteiger partial charge in [0.05, 0.1) is 4.90 Å². The molecule has 6 heteroatoms. The van der Waals surface area contributed by atoms with Gasteiger partial charge in [-0.1, -0.05) is 24.3 Å². The van der Waals surface area contributed by atoms with Gasteiger partial charge in [0.2, 0.25) is 0 Å². The summed E-state index contributed by atoms with van der Waals surface area (Å²) in [6.45, 7) is 0. The summed E-state index contributed by atoms with van der Waals surface area (Å²) in [6, 6.07) is 10.2.